The van der Waals surface area contributed by atoms with Gasteiger partial charge in [0.2, 0.25) is 0 Å². The molecular weight excluding hydrogens is 384 g/mol. The minimum absolute atomic E-state index is 0.358. The standard InChI is InChI=1S/C12H16O3.C12H14O3/c2*1-8(2)11-9(13-3)4-5-10-12(11)15-7-6-14-10/h4-5,8H,6-7H2,1-3H3;4-5H,1,6-7H2,2-3H3. The predicted molar refractivity (Wildman–Crippen MR) is 117 cm³/mol. The van der Waals surface area contributed by atoms with Gasteiger partial charge in [0.25, 0.3) is 0 Å². The fourth-order valence-corrected chi connectivity index (χ4v) is 3.52. The van der Waals surface area contributed by atoms with Crippen LogP contribution in [0, 0.1) is 0 Å². The van der Waals surface area contributed by atoms with Crippen LogP contribution in [0.25, 0.3) is 5.57 Å². The second-order valence-corrected chi connectivity index (χ2v) is 7.31. The Kier molecular flexibility index (Phi) is 6.98. The zero-order valence-electron chi connectivity index (χ0n) is 18.4. The van der Waals surface area contributed by atoms with E-state index in [9.17, 15) is 0 Å². The molecule has 0 saturated heterocycles. The molecule has 2 aliphatic rings. The molecule has 2 heterocycles. The van der Waals surface area contributed by atoms with E-state index in [2.05, 4.69) is 20.4 Å². The van der Waals surface area contributed by atoms with E-state index in [0.717, 1.165) is 51.2 Å². The van der Waals surface area contributed by atoms with Crippen molar-refractivity contribution in [3.63, 3.8) is 0 Å². The molecule has 6 nitrogen and oxygen atoms in total. The maximum absolute atomic E-state index is 5.65. The molecule has 2 aromatic rings. The van der Waals surface area contributed by atoms with E-state index in [4.69, 9.17) is 28.4 Å². The van der Waals surface area contributed by atoms with Crippen molar-refractivity contribution in [1.82, 2.24) is 0 Å². The van der Waals surface area contributed by atoms with Crippen LogP contribution in [0.2, 0.25) is 0 Å². The number of benzene rings is 2. The normalized spacial score (nSPS) is 13.8. The van der Waals surface area contributed by atoms with Crippen molar-refractivity contribution >= 4 is 5.57 Å². The van der Waals surface area contributed by atoms with Gasteiger partial charge in [0.1, 0.15) is 37.9 Å². The summed E-state index contributed by atoms with van der Waals surface area (Å²) < 4.78 is 32.9. The molecule has 0 bridgehead atoms. The van der Waals surface area contributed by atoms with Gasteiger partial charge in [0.05, 0.1) is 19.8 Å². The zero-order chi connectivity index (χ0) is 21.7. The number of allylic oxidation sites excluding steroid dienone is 1. The molecule has 0 atom stereocenters. The van der Waals surface area contributed by atoms with Gasteiger partial charge in [0.15, 0.2) is 23.0 Å². The first-order chi connectivity index (χ1) is 14.5. The zero-order valence-corrected chi connectivity index (χ0v) is 18.4. The van der Waals surface area contributed by atoms with Gasteiger partial charge >= 0.3 is 0 Å². The van der Waals surface area contributed by atoms with Crippen molar-refractivity contribution in [3.8, 4) is 34.5 Å². The van der Waals surface area contributed by atoms with Crippen LogP contribution >= 0.6 is 0 Å². The van der Waals surface area contributed by atoms with Crippen LogP contribution < -0.4 is 28.4 Å². The first-order valence-electron chi connectivity index (χ1n) is 10.1. The first-order valence-corrected chi connectivity index (χ1v) is 10.1. The molecule has 2 aliphatic heterocycles. The quantitative estimate of drug-likeness (QED) is 0.695. The molecule has 0 aliphatic carbocycles. The lowest BCUT2D eigenvalue weighted by molar-refractivity contribution is 0.168. The van der Waals surface area contributed by atoms with Crippen LogP contribution in [0.15, 0.2) is 30.8 Å². The van der Waals surface area contributed by atoms with Gasteiger partial charge in [-0.1, -0.05) is 20.4 Å². The summed E-state index contributed by atoms with van der Waals surface area (Å²) in [7, 11) is 3.31. The number of methoxy groups -OCH3 is 2. The topological polar surface area (TPSA) is 55.4 Å². The van der Waals surface area contributed by atoms with Gasteiger partial charge in [-0.25, -0.2) is 0 Å². The third kappa shape index (κ3) is 4.42. The van der Waals surface area contributed by atoms with Crippen molar-refractivity contribution in [2.24, 2.45) is 0 Å². The third-order valence-electron chi connectivity index (χ3n) is 4.82. The van der Waals surface area contributed by atoms with Gasteiger partial charge < -0.3 is 28.4 Å². The molecule has 0 aromatic heterocycles. The second-order valence-electron chi connectivity index (χ2n) is 7.31. The van der Waals surface area contributed by atoms with E-state index in [-0.39, 0.29) is 0 Å². The van der Waals surface area contributed by atoms with Crippen LogP contribution in [0.5, 0.6) is 34.5 Å². The summed E-state index contributed by atoms with van der Waals surface area (Å²) in [6.45, 7) is 12.5. The molecule has 4 rings (SSSR count). The molecule has 162 valence electrons. The maximum Gasteiger partial charge on any atom is 0.172 e. The monoisotopic (exact) mass is 414 g/mol. The number of rotatable bonds is 4. The Morgan fingerprint density at radius 2 is 1.30 bits per heavy atom. The Balaban J connectivity index is 0.000000171. The highest BCUT2D eigenvalue weighted by Gasteiger charge is 2.22. The van der Waals surface area contributed by atoms with E-state index in [1.165, 1.54) is 0 Å². The van der Waals surface area contributed by atoms with Gasteiger partial charge in [0, 0.05) is 5.56 Å². The molecule has 2 aromatic carbocycles. The second kappa shape index (κ2) is 9.65. The Bertz CT molecular complexity index is 903. The Hall–Kier alpha value is -3.02. The highest BCUT2D eigenvalue weighted by Crippen LogP contribution is 2.43. The lowest BCUT2D eigenvalue weighted by Gasteiger charge is -2.24. The van der Waals surface area contributed by atoms with Crippen LogP contribution in [-0.2, 0) is 0 Å². The summed E-state index contributed by atoms with van der Waals surface area (Å²) in [5, 5.41) is 0. The van der Waals surface area contributed by atoms with E-state index < -0.39 is 0 Å². The lowest BCUT2D eigenvalue weighted by Crippen LogP contribution is -2.17. The van der Waals surface area contributed by atoms with E-state index in [0.29, 0.717) is 32.3 Å². The summed E-state index contributed by atoms with van der Waals surface area (Å²) in [6, 6.07) is 7.57. The van der Waals surface area contributed by atoms with Crippen molar-refractivity contribution in [2.75, 3.05) is 40.6 Å². The molecule has 0 amide bonds. The molecule has 6 heteroatoms. The van der Waals surface area contributed by atoms with Crippen LogP contribution in [-0.4, -0.2) is 40.6 Å². The summed E-state index contributed by atoms with van der Waals surface area (Å²) in [6.07, 6.45) is 0. The molecule has 0 fully saturated rings. The van der Waals surface area contributed by atoms with Gasteiger partial charge in [-0.15, -0.1) is 0 Å². The van der Waals surface area contributed by atoms with Gasteiger partial charge in [-0.2, -0.15) is 0 Å². The minimum atomic E-state index is 0.358. The van der Waals surface area contributed by atoms with Crippen molar-refractivity contribution in [2.45, 2.75) is 26.7 Å². The minimum Gasteiger partial charge on any atom is -0.496 e. The van der Waals surface area contributed by atoms with Crippen LogP contribution in [0.4, 0.5) is 0 Å². The molecule has 0 spiro atoms. The van der Waals surface area contributed by atoms with Crippen LogP contribution in [0.1, 0.15) is 37.8 Å². The fourth-order valence-electron chi connectivity index (χ4n) is 3.52. The maximum atomic E-state index is 5.65. The average molecular weight is 414 g/mol. The molecular formula is C24H30O6. The van der Waals surface area contributed by atoms with E-state index >= 15 is 0 Å². The Morgan fingerprint density at radius 1 is 0.800 bits per heavy atom. The number of ether oxygens (including phenoxy) is 6. The van der Waals surface area contributed by atoms with Crippen molar-refractivity contribution in [1.29, 1.82) is 0 Å². The summed E-state index contributed by atoms with van der Waals surface area (Å²) >= 11 is 0. The molecule has 30 heavy (non-hydrogen) atoms. The number of fused-ring (bicyclic) bond motifs is 2. The van der Waals surface area contributed by atoms with Crippen LogP contribution in [0.3, 0.4) is 0 Å². The van der Waals surface area contributed by atoms with Gasteiger partial charge in [-0.05, 0) is 42.7 Å². The van der Waals surface area contributed by atoms with Crippen molar-refractivity contribution < 1.29 is 28.4 Å². The molecule has 0 N–H and O–H groups in total. The molecule has 0 unspecified atom stereocenters. The SMILES string of the molecule is C=C(C)c1c(OC)ccc2c1OCCO2.COc1ccc2c(c1C(C)C)OCCO2. The van der Waals surface area contributed by atoms with E-state index in [1.807, 2.05) is 31.2 Å². The predicted octanol–water partition coefficient (Wildman–Crippen LogP) is 5.09. The summed E-state index contributed by atoms with van der Waals surface area (Å²) in [5.74, 6) is 5.17. The Morgan fingerprint density at radius 3 is 1.83 bits per heavy atom. The number of hydrogen-bond acceptors (Lipinski definition) is 6. The smallest absolute Gasteiger partial charge is 0.172 e. The van der Waals surface area contributed by atoms with Crippen molar-refractivity contribution in [3.05, 3.63) is 42.0 Å². The third-order valence-corrected chi connectivity index (χ3v) is 4.82. The highest BCUT2D eigenvalue weighted by atomic mass is 16.6. The lowest BCUT2D eigenvalue weighted by atomic mass is 10.00. The van der Waals surface area contributed by atoms with Gasteiger partial charge in [-0.3, -0.25) is 0 Å². The van der Waals surface area contributed by atoms with E-state index in [1.54, 1.807) is 14.2 Å². The first kappa shape index (κ1) is 21.7. The average Bonchev–Trinajstić information content (AvgIpc) is 2.77. The number of hydrogen-bond donors (Lipinski definition) is 0. The highest BCUT2D eigenvalue weighted by molar-refractivity contribution is 5.75. The molecule has 0 saturated carbocycles. The Labute approximate surface area is 178 Å². The largest absolute Gasteiger partial charge is 0.496 e. The summed E-state index contributed by atoms with van der Waals surface area (Å²) in [5.41, 5.74) is 2.90. The summed E-state index contributed by atoms with van der Waals surface area (Å²) in [4.78, 5) is 0. The molecule has 0 radical (unpaired) electrons. The fraction of sp³-hybridized carbons (Fsp3) is 0.417.